The van der Waals surface area contributed by atoms with Crippen LogP contribution in [0.15, 0.2) is 39.5 Å². The van der Waals surface area contributed by atoms with Crippen molar-refractivity contribution in [2.75, 3.05) is 0 Å². The lowest BCUT2D eigenvalue weighted by molar-refractivity contribution is 0.101. The van der Waals surface area contributed by atoms with Crippen LogP contribution in [0.2, 0.25) is 0 Å². The summed E-state index contributed by atoms with van der Waals surface area (Å²) in [6.07, 6.45) is 0. The first kappa shape index (κ1) is 8.69. The summed E-state index contributed by atoms with van der Waals surface area (Å²) in [5.74, 6) is 0.185. The molecule has 1 heterocycles. The second kappa shape index (κ2) is 3.10. The lowest BCUT2D eigenvalue weighted by Gasteiger charge is -1.89. The Hall–Kier alpha value is -1.90. The molecule has 0 bridgehead atoms. The van der Waals surface area contributed by atoms with Crippen LogP contribution in [0.5, 0.6) is 0 Å². The number of rotatable bonds is 1. The summed E-state index contributed by atoms with van der Waals surface area (Å²) in [7, 11) is 0. The van der Waals surface area contributed by atoms with E-state index in [1.54, 1.807) is 24.3 Å². The zero-order chi connectivity index (χ0) is 10.1. The molecule has 70 valence electrons. The minimum absolute atomic E-state index is 0.135. The van der Waals surface area contributed by atoms with Crippen LogP contribution < -0.4 is 5.63 Å². The predicted octanol–water partition coefficient (Wildman–Crippen LogP) is 1.95. The first-order valence-electron chi connectivity index (χ1n) is 4.23. The average Bonchev–Trinajstić information content (AvgIpc) is 2.31. The first-order chi connectivity index (χ1) is 6.70. The zero-order valence-corrected chi connectivity index (χ0v) is 7.61. The van der Waals surface area contributed by atoms with Gasteiger partial charge in [-0.3, -0.25) is 4.79 Å². The number of carbonyl (C=O) groups excluding carboxylic acids is 1. The SMILES string of the molecule is CC(=O)c1c2cccccc-2oc1=O. The number of Topliss-reactive ketones (excluding diaryl/α,β-unsaturated/α-hetero) is 1. The summed E-state index contributed by atoms with van der Waals surface area (Å²) in [5.41, 5.74) is 0.155. The second-order valence-corrected chi connectivity index (χ2v) is 3.01. The van der Waals surface area contributed by atoms with Crippen molar-refractivity contribution in [2.24, 2.45) is 0 Å². The average molecular weight is 188 g/mol. The van der Waals surface area contributed by atoms with Gasteiger partial charge in [0.1, 0.15) is 11.3 Å². The molecule has 0 amide bonds. The first-order valence-corrected chi connectivity index (χ1v) is 4.23. The van der Waals surface area contributed by atoms with Crippen LogP contribution in [-0.4, -0.2) is 5.78 Å². The van der Waals surface area contributed by atoms with Crippen LogP contribution in [0.25, 0.3) is 11.3 Å². The van der Waals surface area contributed by atoms with Gasteiger partial charge in [0.15, 0.2) is 5.78 Å². The number of hydrogen-bond donors (Lipinski definition) is 0. The van der Waals surface area contributed by atoms with Gasteiger partial charge in [-0.2, -0.15) is 0 Å². The summed E-state index contributed by atoms with van der Waals surface area (Å²) in [6.45, 7) is 1.36. The lowest BCUT2D eigenvalue weighted by atomic mass is 10.1. The van der Waals surface area contributed by atoms with Crippen LogP contribution in [0.4, 0.5) is 0 Å². The van der Waals surface area contributed by atoms with Gasteiger partial charge in [-0.15, -0.1) is 0 Å². The highest BCUT2D eigenvalue weighted by atomic mass is 16.4. The fraction of sp³-hybridized carbons (Fsp3) is 0.0909. The quantitative estimate of drug-likeness (QED) is 0.642. The Morgan fingerprint density at radius 1 is 1.21 bits per heavy atom. The highest BCUT2D eigenvalue weighted by molar-refractivity contribution is 6.00. The predicted molar refractivity (Wildman–Crippen MR) is 51.6 cm³/mol. The van der Waals surface area contributed by atoms with Gasteiger partial charge in [0.05, 0.1) is 0 Å². The Morgan fingerprint density at radius 2 is 1.93 bits per heavy atom. The molecule has 0 aromatic heterocycles. The maximum absolute atomic E-state index is 11.3. The fourth-order valence-corrected chi connectivity index (χ4v) is 1.42. The largest absolute Gasteiger partial charge is 0.422 e. The minimum atomic E-state index is -0.557. The van der Waals surface area contributed by atoms with Crippen LogP contribution in [-0.2, 0) is 0 Å². The Bertz CT molecular complexity index is 510. The molecule has 0 aromatic carbocycles. The molecule has 0 atom stereocenters. The standard InChI is InChI=1S/C11H8O3/c1-7(12)10-8-5-3-2-4-6-9(8)14-11(10)13/h2-6H,1H3. The number of fused-ring (bicyclic) bond motifs is 1. The molecule has 0 N–H and O–H groups in total. The highest BCUT2D eigenvalue weighted by Gasteiger charge is 2.19. The molecule has 2 rings (SSSR count). The van der Waals surface area contributed by atoms with Crippen molar-refractivity contribution in [1.29, 1.82) is 0 Å². The molecular formula is C11H8O3. The number of hydrogen-bond acceptors (Lipinski definition) is 3. The van der Waals surface area contributed by atoms with Crippen molar-refractivity contribution in [3.8, 4) is 11.3 Å². The number of furan rings is 1. The molecule has 14 heavy (non-hydrogen) atoms. The monoisotopic (exact) mass is 188 g/mol. The van der Waals surface area contributed by atoms with Crippen LogP contribution in [0.3, 0.4) is 0 Å². The van der Waals surface area contributed by atoms with E-state index in [4.69, 9.17) is 4.42 Å². The Labute approximate surface area is 80.3 Å². The molecule has 1 aliphatic heterocycles. The molecule has 0 unspecified atom stereocenters. The van der Waals surface area contributed by atoms with E-state index in [2.05, 4.69) is 0 Å². The van der Waals surface area contributed by atoms with Gasteiger partial charge in [0.25, 0.3) is 0 Å². The van der Waals surface area contributed by atoms with Gasteiger partial charge in [0, 0.05) is 5.56 Å². The van der Waals surface area contributed by atoms with Gasteiger partial charge >= 0.3 is 5.63 Å². The van der Waals surface area contributed by atoms with Crippen LogP contribution in [0, 0.1) is 0 Å². The van der Waals surface area contributed by atoms with Crippen molar-refractivity contribution >= 4 is 5.78 Å². The molecule has 0 saturated carbocycles. The Morgan fingerprint density at radius 3 is 2.64 bits per heavy atom. The molecular weight excluding hydrogens is 180 g/mol. The maximum Gasteiger partial charge on any atom is 0.347 e. The van der Waals surface area contributed by atoms with E-state index in [1.807, 2.05) is 6.07 Å². The third kappa shape index (κ3) is 1.23. The van der Waals surface area contributed by atoms with Gasteiger partial charge in [-0.25, -0.2) is 4.79 Å². The third-order valence-electron chi connectivity index (χ3n) is 2.03. The Kier molecular flexibility index (Phi) is 1.93. The van der Waals surface area contributed by atoms with E-state index in [0.29, 0.717) is 11.3 Å². The van der Waals surface area contributed by atoms with E-state index in [9.17, 15) is 9.59 Å². The van der Waals surface area contributed by atoms with E-state index in [1.165, 1.54) is 6.92 Å². The second-order valence-electron chi connectivity index (χ2n) is 3.01. The van der Waals surface area contributed by atoms with Gasteiger partial charge < -0.3 is 4.42 Å². The normalized spacial score (nSPS) is 10.4. The summed E-state index contributed by atoms with van der Waals surface area (Å²) >= 11 is 0. The van der Waals surface area contributed by atoms with Crippen LogP contribution in [0.1, 0.15) is 17.3 Å². The van der Waals surface area contributed by atoms with Crippen molar-refractivity contribution in [2.45, 2.75) is 6.92 Å². The zero-order valence-electron chi connectivity index (χ0n) is 7.61. The maximum atomic E-state index is 11.3. The molecule has 3 nitrogen and oxygen atoms in total. The molecule has 0 fully saturated rings. The van der Waals surface area contributed by atoms with Gasteiger partial charge in [-0.05, 0) is 13.0 Å². The van der Waals surface area contributed by atoms with Crippen molar-refractivity contribution in [1.82, 2.24) is 0 Å². The molecule has 3 heteroatoms. The summed E-state index contributed by atoms with van der Waals surface area (Å²) in [4.78, 5) is 22.5. The van der Waals surface area contributed by atoms with Crippen molar-refractivity contribution < 1.29 is 9.21 Å². The van der Waals surface area contributed by atoms with Gasteiger partial charge in [0.2, 0.25) is 0 Å². The van der Waals surface area contributed by atoms with Crippen molar-refractivity contribution in [3.05, 3.63) is 46.3 Å². The fourth-order valence-electron chi connectivity index (χ4n) is 1.42. The number of ketones is 1. The molecule has 2 aliphatic rings. The van der Waals surface area contributed by atoms with E-state index >= 15 is 0 Å². The van der Waals surface area contributed by atoms with E-state index in [-0.39, 0.29) is 11.3 Å². The third-order valence-corrected chi connectivity index (χ3v) is 2.03. The molecule has 0 spiro atoms. The smallest absolute Gasteiger partial charge is 0.347 e. The molecule has 0 saturated heterocycles. The summed E-state index contributed by atoms with van der Waals surface area (Å²) < 4.78 is 4.94. The summed E-state index contributed by atoms with van der Waals surface area (Å²) in [6, 6.07) is 8.71. The summed E-state index contributed by atoms with van der Waals surface area (Å²) in [5, 5.41) is 0. The molecule has 0 radical (unpaired) electrons. The molecule has 0 aromatic rings. The van der Waals surface area contributed by atoms with E-state index < -0.39 is 5.63 Å². The Balaban J connectivity index is 2.84. The molecule has 1 aliphatic carbocycles. The topological polar surface area (TPSA) is 47.3 Å². The van der Waals surface area contributed by atoms with Crippen molar-refractivity contribution in [3.63, 3.8) is 0 Å². The van der Waals surface area contributed by atoms with Crippen LogP contribution >= 0.6 is 0 Å². The van der Waals surface area contributed by atoms with Gasteiger partial charge in [-0.1, -0.05) is 24.3 Å². The lowest BCUT2D eigenvalue weighted by Crippen LogP contribution is -2.06. The van der Waals surface area contributed by atoms with E-state index in [0.717, 1.165) is 0 Å². The highest BCUT2D eigenvalue weighted by Crippen LogP contribution is 2.22. The number of carbonyl (C=O) groups is 1. The minimum Gasteiger partial charge on any atom is -0.422 e.